The monoisotopic (exact) mass is 275 g/mol. The van der Waals surface area contributed by atoms with Gasteiger partial charge in [0.05, 0.1) is 0 Å². The lowest BCUT2D eigenvalue weighted by atomic mass is 10.2. The molecule has 0 amide bonds. The van der Waals surface area contributed by atoms with Gasteiger partial charge in [-0.2, -0.15) is 0 Å². The third-order valence-electron chi connectivity index (χ3n) is 4.12. The van der Waals surface area contributed by atoms with Crippen LogP contribution in [0.4, 0.5) is 0 Å². The minimum atomic E-state index is 1.11. The van der Waals surface area contributed by atoms with Crippen molar-refractivity contribution >= 4 is 0 Å². The number of hydrogen-bond donors (Lipinski definition) is 1. The van der Waals surface area contributed by atoms with Crippen LogP contribution in [-0.2, 0) is 6.54 Å². The molecule has 0 aliphatic carbocycles. The van der Waals surface area contributed by atoms with Gasteiger partial charge in [0.25, 0.3) is 0 Å². The van der Waals surface area contributed by atoms with Gasteiger partial charge in [-0.25, -0.2) is 0 Å². The van der Waals surface area contributed by atoms with E-state index in [1.807, 2.05) is 7.05 Å². The lowest BCUT2D eigenvalue weighted by Crippen LogP contribution is -2.46. The van der Waals surface area contributed by atoms with Gasteiger partial charge in [-0.3, -0.25) is 4.90 Å². The second-order valence-electron chi connectivity index (χ2n) is 5.77. The number of benzene rings is 1. The molecule has 3 nitrogen and oxygen atoms in total. The summed E-state index contributed by atoms with van der Waals surface area (Å²) in [5.74, 6) is 0. The van der Waals surface area contributed by atoms with E-state index in [1.54, 1.807) is 0 Å². The van der Waals surface area contributed by atoms with Crippen molar-refractivity contribution in [3.05, 3.63) is 35.9 Å². The Hall–Kier alpha value is -0.900. The molecule has 1 heterocycles. The summed E-state index contributed by atoms with van der Waals surface area (Å²) in [4.78, 5) is 5.20. The molecule has 1 N–H and O–H groups in total. The van der Waals surface area contributed by atoms with E-state index in [0.29, 0.717) is 0 Å². The summed E-state index contributed by atoms with van der Waals surface area (Å²) in [6.45, 7) is 8.44. The molecule has 0 unspecified atom stereocenters. The van der Waals surface area contributed by atoms with Crippen molar-refractivity contribution in [2.24, 2.45) is 0 Å². The van der Waals surface area contributed by atoms with Gasteiger partial charge in [0.1, 0.15) is 0 Å². The van der Waals surface area contributed by atoms with Crippen LogP contribution >= 0.6 is 0 Å². The minimum Gasteiger partial charge on any atom is -0.320 e. The number of hydrogen-bond acceptors (Lipinski definition) is 3. The maximum absolute atomic E-state index is 3.21. The molecule has 0 radical (unpaired) electrons. The van der Waals surface area contributed by atoms with Crippen molar-refractivity contribution in [1.29, 1.82) is 0 Å². The average molecular weight is 275 g/mol. The third-order valence-corrected chi connectivity index (χ3v) is 4.12. The highest BCUT2D eigenvalue weighted by atomic mass is 15.3. The zero-order valence-corrected chi connectivity index (χ0v) is 12.9. The summed E-state index contributed by atoms with van der Waals surface area (Å²) < 4.78 is 0. The first-order valence-corrected chi connectivity index (χ1v) is 8.02. The van der Waals surface area contributed by atoms with Crippen molar-refractivity contribution in [3.63, 3.8) is 0 Å². The van der Waals surface area contributed by atoms with E-state index >= 15 is 0 Å². The molecule has 3 heteroatoms. The first kappa shape index (κ1) is 15.5. The maximum Gasteiger partial charge on any atom is 0.0234 e. The number of nitrogens with zero attached hydrogens (tertiary/aromatic N) is 2. The zero-order valence-electron chi connectivity index (χ0n) is 12.9. The molecule has 0 aromatic heterocycles. The third kappa shape index (κ3) is 5.61. The van der Waals surface area contributed by atoms with Crippen LogP contribution < -0.4 is 5.32 Å². The maximum atomic E-state index is 3.21. The molecule has 1 aromatic rings. The van der Waals surface area contributed by atoms with E-state index in [1.165, 1.54) is 57.5 Å². The molecule has 0 bridgehead atoms. The molecular weight excluding hydrogens is 246 g/mol. The summed E-state index contributed by atoms with van der Waals surface area (Å²) in [6.07, 6.45) is 4.01. The quantitative estimate of drug-likeness (QED) is 0.734. The molecule has 20 heavy (non-hydrogen) atoms. The highest BCUT2D eigenvalue weighted by Crippen LogP contribution is 2.09. The average Bonchev–Trinajstić information content (AvgIpc) is 2.50. The number of piperazine rings is 1. The molecule has 1 aliphatic rings. The second-order valence-corrected chi connectivity index (χ2v) is 5.77. The van der Waals surface area contributed by atoms with Gasteiger partial charge in [0.2, 0.25) is 0 Å². The highest BCUT2D eigenvalue weighted by Gasteiger charge is 2.16. The standard InChI is InChI=1S/C17H29N3/c1-18-10-6-3-7-11-19-12-14-20(15-13-19)16-17-8-4-2-5-9-17/h2,4-5,8-9,18H,3,6-7,10-16H2,1H3. The van der Waals surface area contributed by atoms with E-state index in [0.717, 1.165) is 13.1 Å². The summed E-state index contributed by atoms with van der Waals surface area (Å²) in [7, 11) is 2.03. The van der Waals surface area contributed by atoms with Gasteiger partial charge in [-0.05, 0) is 38.5 Å². The van der Waals surface area contributed by atoms with Crippen molar-refractivity contribution in [2.45, 2.75) is 25.8 Å². The van der Waals surface area contributed by atoms with Crippen LogP contribution in [0.15, 0.2) is 30.3 Å². The predicted molar refractivity (Wildman–Crippen MR) is 85.9 cm³/mol. The van der Waals surface area contributed by atoms with Gasteiger partial charge < -0.3 is 10.2 Å². The van der Waals surface area contributed by atoms with Crippen molar-refractivity contribution in [1.82, 2.24) is 15.1 Å². The Morgan fingerprint density at radius 2 is 1.60 bits per heavy atom. The molecule has 112 valence electrons. The normalized spacial score (nSPS) is 17.4. The van der Waals surface area contributed by atoms with Gasteiger partial charge in [0, 0.05) is 32.7 Å². The Labute approximate surface area is 124 Å². The van der Waals surface area contributed by atoms with Gasteiger partial charge >= 0.3 is 0 Å². The van der Waals surface area contributed by atoms with Crippen LogP contribution in [0.25, 0.3) is 0 Å². The van der Waals surface area contributed by atoms with Crippen molar-refractivity contribution in [2.75, 3.05) is 46.3 Å². The van der Waals surface area contributed by atoms with Crippen LogP contribution in [0.2, 0.25) is 0 Å². The second kappa shape index (κ2) is 9.11. The van der Waals surface area contributed by atoms with Crippen LogP contribution in [0, 0.1) is 0 Å². The van der Waals surface area contributed by atoms with Crippen molar-refractivity contribution < 1.29 is 0 Å². The Kier molecular flexibility index (Phi) is 7.06. The first-order valence-electron chi connectivity index (χ1n) is 8.02. The number of rotatable bonds is 8. The summed E-state index contributed by atoms with van der Waals surface area (Å²) >= 11 is 0. The predicted octanol–water partition coefficient (Wildman–Crippen LogP) is 2.19. The van der Waals surface area contributed by atoms with Crippen LogP contribution in [0.3, 0.4) is 0 Å². The van der Waals surface area contributed by atoms with E-state index in [4.69, 9.17) is 0 Å². The fraction of sp³-hybridized carbons (Fsp3) is 0.647. The fourth-order valence-corrected chi connectivity index (χ4v) is 2.83. The summed E-state index contributed by atoms with van der Waals surface area (Å²) in [5.41, 5.74) is 1.44. The van der Waals surface area contributed by atoms with Crippen molar-refractivity contribution in [3.8, 4) is 0 Å². The van der Waals surface area contributed by atoms with Crippen LogP contribution in [-0.4, -0.2) is 56.1 Å². The Bertz CT molecular complexity index is 345. The van der Waals surface area contributed by atoms with E-state index < -0.39 is 0 Å². The van der Waals surface area contributed by atoms with E-state index in [9.17, 15) is 0 Å². The summed E-state index contributed by atoms with van der Waals surface area (Å²) in [5, 5.41) is 3.21. The Morgan fingerprint density at radius 1 is 0.900 bits per heavy atom. The molecule has 1 aromatic carbocycles. The largest absolute Gasteiger partial charge is 0.320 e. The molecule has 1 saturated heterocycles. The molecule has 0 spiro atoms. The number of unbranched alkanes of at least 4 members (excludes halogenated alkanes) is 2. The molecule has 1 aliphatic heterocycles. The fourth-order valence-electron chi connectivity index (χ4n) is 2.83. The van der Waals surface area contributed by atoms with E-state index in [-0.39, 0.29) is 0 Å². The van der Waals surface area contributed by atoms with Gasteiger partial charge in [-0.15, -0.1) is 0 Å². The lowest BCUT2D eigenvalue weighted by molar-refractivity contribution is 0.125. The topological polar surface area (TPSA) is 18.5 Å². The first-order chi connectivity index (χ1) is 9.88. The summed E-state index contributed by atoms with van der Waals surface area (Å²) in [6, 6.07) is 10.8. The van der Waals surface area contributed by atoms with E-state index in [2.05, 4.69) is 45.4 Å². The SMILES string of the molecule is CNCCCCCN1CCN(Cc2ccccc2)CC1. The van der Waals surface area contributed by atoms with Gasteiger partial charge in [-0.1, -0.05) is 36.8 Å². The molecule has 2 rings (SSSR count). The smallest absolute Gasteiger partial charge is 0.0234 e. The molecule has 0 saturated carbocycles. The minimum absolute atomic E-state index is 1.11. The van der Waals surface area contributed by atoms with Gasteiger partial charge in [0.15, 0.2) is 0 Å². The highest BCUT2D eigenvalue weighted by molar-refractivity contribution is 5.14. The molecular formula is C17H29N3. The van der Waals surface area contributed by atoms with Crippen LogP contribution in [0.1, 0.15) is 24.8 Å². The Balaban J connectivity index is 1.58. The lowest BCUT2D eigenvalue weighted by Gasteiger charge is -2.34. The molecule has 0 atom stereocenters. The molecule has 1 fully saturated rings. The van der Waals surface area contributed by atoms with Crippen LogP contribution in [0.5, 0.6) is 0 Å². The number of nitrogens with one attached hydrogen (secondary N) is 1. The zero-order chi connectivity index (χ0) is 14.0. The Morgan fingerprint density at radius 3 is 2.30 bits per heavy atom.